The summed E-state index contributed by atoms with van der Waals surface area (Å²) >= 11 is 0. The van der Waals surface area contributed by atoms with Crippen molar-refractivity contribution in [3.8, 4) is 28.6 Å². The Morgan fingerprint density at radius 1 is 0.667 bits per heavy atom. The summed E-state index contributed by atoms with van der Waals surface area (Å²) < 4.78 is 0. The Kier molecular flexibility index (Phi) is 3.53. The summed E-state index contributed by atoms with van der Waals surface area (Å²) in [5, 5.41) is 16.7. The third-order valence-electron chi connectivity index (χ3n) is 5.72. The summed E-state index contributed by atoms with van der Waals surface area (Å²) in [5.41, 5.74) is 4.19. The van der Waals surface area contributed by atoms with Crippen LogP contribution in [0.3, 0.4) is 0 Å². The standard InChI is InChI=1S/C27H15N3/c28-14-17-13-21(16-29-15-17)24-5-2-6-25(30-24)22-11-9-20-8-7-18-3-1-4-19-10-12-23(22)27(20)26(18)19/h1-13,15-16H. The van der Waals surface area contributed by atoms with E-state index in [4.69, 9.17) is 4.98 Å². The smallest absolute Gasteiger partial charge is 0.101 e. The zero-order valence-electron chi connectivity index (χ0n) is 16.0. The molecule has 30 heavy (non-hydrogen) atoms. The molecular weight excluding hydrogens is 366 g/mol. The van der Waals surface area contributed by atoms with Gasteiger partial charge < -0.3 is 0 Å². The molecule has 0 atom stereocenters. The van der Waals surface area contributed by atoms with Crippen LogP contribution in [0.4, 0.5) is 0 Å². The maximum atomic E-state index is 9.18. The van der Waals surface area contributed by atoms with E-state index in [1.165, 1.54) is 32.3 Å². The Labute approximate surface area is 173 Å². The van der Waals surface area contributed by atoms with Gasteiger partial charge in [0.1, 0.15) is 6.07 Å². The largest absolute Gasteiger partial charge is 0.263 e. The van der Waals surface area contributed by atoms with Crippen LogP contribution in [0.5, 0.6) is 0 Å². The van der Waals surface area contributed by atoms with E-state index in [2.05, 4.69) is 65.7 Å². The van der Waals surface area contributed by atoms with Gasteiger partial charge in [-0.1, -0.05) is 60.7 Å². The number of nitrogens with zero attached hydrogens (tertiary/aromatic N) is 3. The molecule has 0 radical (unpaired) electrons. The van der Waals surface area contributed by atoms with Crippen LogP contribution in [-0.2, 0) is 0 Å². The minimum Gasteiger partial charge on any atom is -0.263 e. The molecule has 0 bridgehead atoms. The highest BCUT2D eigenvalue weighted by molar-refractivity contribution is 6.25. The van der Waals surface area contributed by atoms with Crippen molar-refractivity contribution in [3.63, 3.8) is 0 Å². The van der Waals surface area contributed by atoms with E-state index in [9.17, 15) is 5.26 Å². The number of rotatable bonds is 2. The molecule has 0 aliphatic heterocycles. The van der Waals surface area contributed by atoms with E-state index in [1.54, 1.807) is 12.4 Å². The van der Waals surface area contributed by atoms with E-state index in [0.717, 1.165) is 22.5 Å². The van der Waals surface area contributed by atoms with Crippen molar-refractivity contribution < 1.29 is 0 Å². The van der Waals surface area contributed by atoms with Crippen molar-refractivity contribution in [1.29, 1.82) is 5.26 Å². The molecule has 6 rings (SSSR count). The quantitative estimate of drug-likeness (QED) is 0.318. The van der Waals surface area contributed by atoms with Crippen LogP contribution in [0.25, 0.3) is 54.8 Å². The number of benzene rings is 4. The number of hydrogen-bond acceptors (Lipinski definition) is 3. The molecule has 0 unspecified atom stereocenters. The third-order valence-corrected chi connectivity index (χ3v) is 5.72. The monoisotopic (exact) mass is 381 g/mol. The van der Waals surface area contributed by atoms with Gasteiger partial charge in [0.15, 0.2) is 0 Å². The van der Waals surface area contributed by atoms with Crippen LogP contribution in [-0.4, -0.2) is 9.97 Å². The van der Waals surface area contributed by atoms with Gasteiger partial charge in [-0.2, -0.15) is 5.26 Å². The molecule has 6 aromatic rings. The summed E-state index contributed by atoms with van der Waals surface area (Å²) in [6, 6.07) is 29.5. The van der Waals surface area contributed by atoms with Gasteiger partial charge >= 0.3 is 0 Å². The SMILES string of the molecule is N#Cc1cncc(-c2cccc(-c3ccc4ccc5cccc6ccc3c4c56)n2)c1. The van der Waals surface area contributed by atoms with Crippen molar-refractivity contribution in [2.45, 2.75) is 0 Å². The molecule has 0 N–H and O–H groups in total. The van der Waals surface area contributed by atoms with Gasteiger partial charge in [-0.15, -0.1) is 0 Å². The predicted octanol–water partition coefficient (Wildman–Crippen LogP) is 6.58. The van der Waals surface area contributed by atoms with Crippen LogP contribution in [0.15, 0.2) is 91.3 Å². The van der Waals surface area contributed by atoms with Crippen molar-refractivity contribution in [2.24, 2.45) is 0 Å². The van der Waals surface area contributed by atoms with Gasteiger partial charge in [-0.3, -0.25) is 4.98 Å². The van der Waals surface area contributed by atoms with Gasteiger partial charge in [0.2, 0.25) is 0 Å². The zero-order valence-corrected chi connectivity index (χ0v) is 16.0. The van der Waals surface area contributed by atoms with Crippen LogP contribution < -0.4 is 0 Å². The Morgan fingerprint density at radius 3 is 2.20 bits per heavy atom. The Bertz CT molecular complexity index is 1590. The second kappa shape index (κ2) is 6.37. The fourth-order valence-corrected chi connectivity index (χ4v) is 4.35. The summed E-state index contributed by atoms with van der Waals surface area (Å²) in [6.45, 7) is 0. The van der Waals surface area contributed by atoms with Crippen molar-refractivity contribution in [1.82, 2.24) is 9.97 Å². The molecule has 0 saturated carbocycles. The first-order chi connectivity index (χ1) is 14.8. The lowest BCUT2D eigenvalue weighted by atomic mass is 9.91. The average molecular weight is 381 g/mol. The van der Waals surface area contributed by atoms with Gasteiger partial charge in [0.05, 0.1) is 17.0 Å². The molecule has 2 heterocycles. The second-order valence-electron chi connectivity index (χ2n) is 7.45. The number of pyridine rings is 2. The molecule has 0 saturated heterocycles. The van der Waals surface area contributed by atoms with Crippen LogP contribution >= 0.6 is 0 Å². The molecule has 0 aliphatic carbocycles. The highest BCUT2D eigenvalue weighted by atomic mass is 14.7. The van der Waals surface area contributed by atoms with Gasteiger partial charge in [-0.05, 0) is 50.5 Å². The molecule has 2 aromatic heterocycles. The molecular formula is C27H15N3. The van der Waals surface area contributed by atoms with E-state index < -0.39 is 0 Å². The predicted molar refractivity (Wildman–Crippen MR) is 121 cm³/mol. The lowest BCUT2D eigenvalue weighted by Gasteiger charge is -2.14. The third kappa shape index (κ3) is 2.45. The van der Waals surface area contributed by atoms with Gasteiger partial charge in [0.25, 0.3) is 0 Å². The number of nitriles is 1. The Hall–Kier alpha value is -4.29. The first-order valence-corrected chi connectivity index (χ1v) is 9.81. The topological polar surface area (TPSA) is 49.6 Å². The van der Waals surface area contributed by atoms with Crippen LogP contribution in [0.2, 0.25) is 0 Å². The molecule has 3 heteroatoms. The highest BCUT2D eigenvalue weighted by Gasteiger charge is 2.13. The summed E-state index contributed by atoms with van der Waals surface area (Å²) in [4.78, 5) is 9.10. The maximum absolute atomic E-state index is 9.18. The molecule has 3 nitrogen and oxygen atoms in total. The van der Waals surface area contributed by atoms with Crippen molar-refractivity contribution in [3.05, 3.63) is 96.8 Å². The van der Waals surface area contributed by atoms with E-state index >= 15 is 0 Å². The summed E-state index contributed by atoms with van der Waals surface area (Å²) in [5.74, 6) is 0. The van der Waals surface area contributed by atoms with Crippen molar-refractivity contribution >= 4 is 32.3 Å². The summed E-state index contributed by atoms with van der Waals surface area (Å²) in [7, 11) is 0. The molecule has 4 aromatic carbocycles. The Balaban J connectivity index is 1.61. The Morgan fingerprint density at radius 2 is 1.37 bits per heavy atom. The van der Waals surface area contributed by atoms with Gasteiger partial charge in [-0.25, -0.2) is 4.98 Å². The van der Waals surface area contributed by atoms with Crippen LogP contribution in [0.1, 0.15) is 5.56 Å². The van der Waals surface area contributed by atoms with Crippen molar-refractivity contribution in [2.75, 3.05) is 0 Å². The van der Waals surface area contributed by atoms with E-state index in [-0.39, 0.29) is 0 Å². The van der Waals surface area contributed by atoms with Gasteiger partial charge in [0, 0.05) is 23.5 Å². The summed E-state index contributed by atoms with van der Waals surface area (Å²) in [6.07, 6.45) is 3.31. The minimum atomic E-state index is 0.530. The van der Waals surface area contributed by atoms with E-state index in [1.807, 2.05) is 24.3 Å². The molecule has 0 spiro atoms. The van der Waals surface area contributed by atoms with E-state index in [0.29, 0.717) is 5.56 Å². The average Bonchev–Trinajstić information content (AvgIpc) is 2.82. The fourth-order valence-electron chi connectivity index (χ4n) is 4.35. The molecule has 0 fully saturated rings. The highest BCUT2D eigenvalue weighted by Crippen LogP contribution is 2.39. The first-order valence-electron chi connectivity index (χ1n) is 9.81. The number of hydrogen-bond donors (Lipinski definition) is 0. The molecule has 138 valence electrons. The first kappa shape index (κ1) is 16.6. The molecule has 0 amide bonds. The van der Waals surface area contributed by atoms with Crippen LogP contribution in [0, 0.1) is 11.3 Å². The maximum Gasteiger partial charge on any atom is 0.101 e. The second-order valence-corrected chi connectivity index (χ2v) is 7.45. The fraction of sp³-hybridized carbons (Fsp3) is 0. The lowest BCUT2D eigenvalue weighted by Crippen LogP contribution is -1.92. The zero-order chi connectivity index (χ0) is 20.1. The normalized spacial score (nSPS) is 11.3. The number of aromatic nitrogens is 2. The molecule has 0 aliphatic rings. The minimum absolute atomic E-state index is 0.530. The lowest BCUT2D eigenvalue weighted by molar-refractivity contribution is 1.27.